The highest BCUT2D eigenvalue weighted by Crippen LogP contribution is 2.40. The average Bonchev–Trinajstić information content (AvgIpc) is 2.44. The quantitative estimate of drug-likeness (QED) is 0.440. The maximum atomic E-state index is 10.6. The van der Waals surface area contributed by atoms with Crippen LogP contribution in [0.25, 0.3) is 0 Å². The highest BCUT2D eigenvalue weighted by Gasteiger charge is 2.26. The summed E-state index contributed by atoms with van der Waals surface area (Å²) >= 11 is 0. The van der Waals surface area contributed by atoms with Gasteiger partial charge >= 0.3 is 5.97 Å². The fourth-order valence-electron chi connectivity index (χ4n) is 3.28. The van der Waals surface area contributed by atoms with Gasteiger partial charge in [0.05, 0.1) is 0 Å². The smallest absolute Gasteiger partial charge is 0.328 e. The SMILES string of the molecule is CC1=C(/C=C/C(C)=C/C=C/C(C)=C/C(C)=C\C(=O)O)C(C)(C)CCC1. The van der Waals surface area contributed by atoms with Crippen molar-refractivity contribution in [3.05, 3.63) is 70.4 Å². The lowest BCUT2D eigenvalue weighted by molar-refractivity contribution is -0.131. The minimum atomic E-state index is -0.915. The van der Waals surface area contributed by atoms with E-state index in [0.717, 1.165) is 11.1 Å². The lowest BCUT2D eigenvalue weighted by atomic mass is 9.72. The van der Waals surface area contributed by atoms with E-state index in [4.69, 9.17) is 5.11 Å². The topological polar surface area (TPSA) is 37.3 Å². The summed E-state index contributed by atoms with van der Waals surface area (Å²) in [5, 5.41) is 8.72. The van der Waals surface area contributed by atoms with Gasteiger partial charge in [-0.15, -0.1) is 0 Å². The molecule has 1 aliphatic carbocycles. The summed E-state index contributed by atoms with van der Waals surface area (Å²) in [6, 6.07) is 0. The molecule has 0 aromatic heterocycles. The number of aliphatic carboxylic acids is 1. The number of hydrogen-bond acceptors (Lipinski definition) is 1. The van der Waals surface area contributed by atoms with Crippen molar-refractivity contribution >= 4 is 5.97 Å². The highest BCUT2D eigenvalue weighted by molar-refractivity contribution is 5.81. The number of carboxylic acids is 1. The molecule has 0 spiro atoms. The van der Waals surface area contributed by atoms with Crippen LogP contribution in [0.1, 0.15) is 60.8 Å². The first-order valence-electron chi connectivity index (χ1n) is 8.94. The molecule has 1 aliphatic rings. The molecule has 0 aromatic carbocycles. The van der Waals surface area contributed by atoms with Gasteiger partial charge in [-0.1, -0.05) is 67.0 Å². The molecule has 0 unspecified atom stereocenters. The van der Waals surface area contributed by atoms with Crippen LogP contribution >= 0.6 is 0 Å². The third-order valence-electron chi connectivity index (χ3n) is 4.58. The summed E-state index contributed by atoms with van der Waals surface area (Å²) in [6.45, 7) is 12.8. The molecule has 0 aromatic rings. The molecular formula is C23H32O2. The van der Waals surface area contributed by atoms with Crippen molar-refractivity contribution in [3.8, 4) is 0 Å². The van der Waals surface area contributed by atoms with E-state index in [1.807, 2.05) is 25.2 Å². The van der Waals surface area contributed by atoms with E-state index < -0.39 is 5.97 Å². The molecule has 2 heteroatoms. The Morgan fingerprint density at radius 2 is 1.72 bits per heavy atom. The van der Waals surface area contributed by atoms with Crippen molar-refractivity contribution in [2.75, 3.05) is 0 Å². The summed E-state index contributed by atoms with van der Waals surface area (Å²) < 4.78 is 0. The van der Waals surface area contributed by atoms with Crippen LogP contribution in [-0.4, -0.2) is 11.1 Å². The van der Waals surface area contributed by atoms with E-state index >= 15 is 0 Å². The number of rotatable bonds is 6. The lowest BCUT2D eigenvalue weighted by Crippen LogP contribution is -2.19. The van der Waals surface area contributed by atoms with Gasteiger partial charge in [0, 0.05) is 6.08 Å². The minimum absolute atomic E-state index is 0.266. The van der Waals surface area contributed by atoms with Crippen LogP contribution in [0.15, 0.2) is 70.4 Å². The third kappa shape index (κ3) is 7.55. The summed E-state index contributed by atoms with van der Waals surface area (Å²) in [4.78, 5) is 10.6. The molecule has 0 bridgehead atoms. The Labute approximate surface area is 153 Å². The van der Waals surface area contributed by atoms with E-state index in [1.54, 1.807) is 6.92 Å². The lowest BCUT2D eigenvalue weighted by Gasteiger charge is -2.32. The molecule has 136 valence electrons. The monoisotopic (exact) mass is 340 g/mol. The molecular weight excluding hydrogens is 308 g/mol. The highest BCUT2D eigenvalue weighted by atomic mass is 16.4. The molecule has 2 nitrogen and oxygen atoms in total. The van der Waals surface area contributed by atoms with Crippen LogP contribution in [0.3, 0.4) is 0 Å². The molecule has 0 heterocycles. The van der Waals surface area contributed by atoms with Crippen molar-refractivity contribution in [3.63, 3.8) is 0 Å². The van der Waals surface area contributed by atoms with E-state index in [0.29, 0.717) is 0 Å². The average molecular weight is 341 g/mol. The molecule has 25 heavy (non-hydrogen) atoms. The number of allylic oxidation sites excluding steroid dienone is 11. The summed E-state index contributed by atoms with van der Waals surface area (Å²) in [5.74, 6) is -0.915. The molecule has 0 atom stereocenters. The number of carbonyl (C=O) groups is 1. The van der Waals surface area contributed by atoms with E-state index in [-0.39, 0.29) is 5.41 Å². The molecule has 0 fully saturated rings. The van der Waals surface area contributed by atoms with Gasteiger partial charge in [-0.3, -0.25) is 0 Å². The van der Waals surface area contributed by atoms with Gasteiger partial charge in [0.25, 0.3) is 0 Å². The molecule has 0 amide bonds. The fraction of sp³-hybridized carbons (Fsp3) is 0.435. The van der Waals surface area contributed by atoms with Crippen molar-refractivity contribution < 1.29 is 9.90 Å². The van der Waals surface area contributed by atoms with Gasteiger partial charge in [0.1, 0.15) is 0 Å². The van der Waals surface area contributed by atoms with Gasteiger partial charge in [-0.25, -0.2) is 4.79 Å². The summed E-state index contributed by atoms with van der Waals surface area (Å²) in [6.07, 6.45) is 17.4. The largest absolute Gasteiger partial charge is 0.478 e. The van der Waals surface area contributed by atoms with Gasteiger partial charge in [0.15, 0.2) is 0 Å². The van der Waals surface area contributed by atoms with E-state index in [1.165, 1.54) is 42.1 Å². The minimum Gasteiger partial charge on any atom is -0.478 e. The van der Waals surface area contributed by atoms with Gasteiger partial charge in [-0.2, -0.15) is 0 Å². The first-order chi connectivity index (χ1) is 11.6. The Morgan fingerprint density at radius 1 is 1.04 bits per heavy atom. The Bertz CT molecular complexity index is 677. The maximum absolute atomic E-state index is 10.6. The molecule has 0 aliphatic heterocycles. The van der Waals surface area contributed by atoms with Gasteiger partial charge < -0.3 is 5.11 Å². The molecule has 0 radical (unpaired) electrons. The van der Waals surface area contributed by atoms with Crippen molar-refractivity contribution in [2.24, 2.45) is 5.41 Å². The van der Waals surface area contributed by atoms with Crippen LogP contribution < -0.4 is 0 Å². The predicted octanol–water partition coefficient (Wildman–Crippen LogP) is 6.55. The van der Waals surface area contributed by atoms with Crippen molar-refractivity contribution in [2.45, 2.75) is 60.8 Å². The predicted molar refractivity (Wildman–Crippen MR) is 108 cm³/mol. The summed E-state index contributed by atoms with van der Waals surface area (Å²) in [7, 11) is 0. The second kappa shape index (κ2) is 9.41. The van der Waals surface area contributed by atoms with Crippen molar-refractivity contribution in [1.29, 1.82) is 0 Å². The standard InChI is InChI=1S/C23H32O2/c1-17(9-7-10-18(2)15-19(3)16-22(24)25)12-13-21-20(4)11-8-14-23(21,5)6/h7,9-10,12-13,15-16H,8,11,14H2,1-6H3,(H,24,25)/b10-7+,13-12+,17-9+,18-15+,19-16-. The zero-order chi connectivity index (χ0) is 19.0. The number of carboxylic acid groups (broad SMARTS) is 1. The second-order valence-corrected chi connectivity index (χ2v) is 7.65. The zero-order valence-electron chi connectivity index (χ0n) is 16.5. The van der Waals surface area contributed by atoms with Crippen LogP contribution in [0.2, 0.25) is 0 Å². The Balaban J connectivity index is 2.79. The van der Waals surface area contributed by atoms with Crippen LogP contribution in [0.5, 0.6) is 0 Å². The van der Waals surface area contributed by atoms with Crippen LogP contribution in [0.4, 0.5) is 0 Å². The molecule has 1 N–H and O–H groups in total. The Hall–Kier alpha value is -2.09. The Morgan fingerprint density at radius 3 is 2.32 bits per heavy atom. The zero-order valence-corrected chi connectivity index (χ0v) is 16.5. The second-order valence-electron chi connectivity index (χ2n) is 7.65. The molecule has 0 saturated heterocycles. The van der Waals surface area contributed by atoms with Crippen molar-refractivity contribution in [1.82, 2.24) is 0 Å². The molecule has 0 saturated carbocycles. The van der Waals surface area contributed by atoms with E-state index in [2.05, 4.69) is 45.9 Å². The maximum Gasteiger partial charge on any atom is 0.328 e. The first-order valence-corrected chi connectivity index (χ1v) is 8.94. The van der Waals surface area contributed by atoms with Crippen LogP contribution in [-0.2, 0) is 4.79 Å². The number of hydrogen-bond donors (Lipinski definition) is 1. The normalized spacial score (nSPS) is 20.0. The first kappa shape index (κ1) is 21.0. The van der Waals surface area contributed by atoms with Crippen LogP contribution in [0, 0.1) is 5.41 Å². The van der Waals surface area contributed by atoms with E-state index in [9.17, 15) is 4.79 Å². The van der Waals surface area contributed by atoms with Gasteiger partial charge in [-0.05, 0) is 63.5 Å². The third-order valence-corrected chi connectivity index (χ3v) is 4.58. The summed E-state index contributed by atoms with van der Waals surface area (Å²) in [5.41, 5.74) is 6.20. The Kier molecular flexibility index (Phi) is 7.89. The molecule has 1 rings (SSSR count). The fourth-order valence-corrected chi connectivity index (χ4v) is 3.28. The van der Waals surface area contributed by atoms with Gasteiger partial charge in [0.2, 0.25) is 0 Å².